The van der Waals surface area contributed by atoms with Crippen LogP contribution in [-0.2, 0) is 17.8 Å². The van der Waals surface area contributed by atoms with E-state index < -0.39 is 0 Å². The topological polar surface area (TPSA) is 70.7 Å². The van der Waals surface area contributed by atoms with Crippen LogP contribution in [-0.4, -0.2) is 49.5 Å². The third-order valence-corrected chi connectivity index (χ3v) is 6.49. The molecule has 2 aromatic rings. The predicted octanol–water partition coefficient (Wildman–Crippen LogP) is 4.49. The van der Waals surface area contributed by atoms with Crippen LogP contribution in [0.25, 0.3) is 0 Å². The molecule has 0 aliphatic carbocycles. The molecule has 0 fully saturated rings. The second kappa shape index (κ2) is 13.9. The van der Waals surface area contributed by atoms with Crippen LogP contribution in [0.4, 0.5) is 0 Å². The first-order valence-electron chi connectivity index (χ1n) is 13.0. The first-order valence-corrected chi connectivity index (χ1v) is 13.0. The van der Waals surface area contributed by atoms with Crippen molar-refractivity contribution in [1.29, 1.82) is 0 Å². The maximum atomic E-state index is 13.3. The number of rotatable bonds is 7. The summed E-state index contributed by atoms with van der Waals surface area (Å²) >= 11 is 0. The molecule has 0 unspecified atom stereocenters. The molecule has 3 rings (SSSR count). The third-order valence-electron chi connectivity index (χ3n) is 6.49. The Kier molecular flexibility index (Phi) is 10.6. The van der Waals surface area contributed by atoms with Gasteiger partial charge in [0.05, 0.1) is 13.2 Å². The second-order valence-corrected chi connectivity index (χ2v) is 9.87. The molecule has 1 aliphatic rings. The van der Waals surface area contributed by atoms with E-state index >= 15 is 0 Å². The fourth-order valence-electron chi connectivity index (χ4n) is 4.32. The smallest absolute Gasteiger partial charge is 0.251 e. The number of fused-ring (bicyclic) bond motifs is 1. The zero-order valence-corrected chi connectivity index (χ0v) is 21.6. The fraction of sp³-hybridized carbons (Fsp3) is 0.517. The third kappa shape index (κ3) is 8.70. The first kappa shape index (κ1) is 26.7. The maximum Gasteiger partial charge on any atom is 0.251 e. The van der Waals surface area contributed by atoms with Crippen LogP contribution in [0.2, 0.25) is 0 Å². The lowest BCUT2D eigenvalue weighted by atomic mass is 10.0. The van der Waals surface area contributed by atoms with E-state index in [1.54, 1.807) is 0 Å². The Labute approximate surface area is 210 Å². The SMILES string of the molecule is Cc1ccccc1CCNC(=O)c1cccc2c1CN(CCC(C)C)CC(=O)NCCCCCO2. The number of carbonyl (C=O) groups excluding carboxylic acids is 2. The lowest BCUT2D eigenvalue weighted by molar-refractivity contribution is -0.122. The molecule has 35 heavy (non-hydrogen) atoms. The number of hydrogen-bond donors (Lipinski definition) is 2. The zero-order chi connectivity index (χ0) is 25.0. The number of nitrogens with zero attached hydrogens (tertiary/aromatic N) is 1. The second-order valence-electron chi connectivity index (χ2n) is 9.87. The van der Waals surface area contributed by atoms with Crippen molar-refractivity contribution in [2.24, 2.45) is 5.92 Å². The van der Waals surface area contributed by atoms with E-state index in [0.717, 1.165) is 50.0 Å². The summed E-state index contributed by atoms with van der Waals surface area (Å²) < 4.78 is 6.17. The quantitative estimate of drug-likeness (QED) is 0.614. The summed E-state index contributed by atoms with van der Waals surface area (Å²) in [4.78, 5) is 28.0. The first-order chi connectivity index (χ1) is 16.9. The molecule has 0 bridgehead atoms. The zero-order valence-electron chi connectivity index (χ0n) is 21.6. The van der Waals surface area contributed by atoms with Crippen molar-refractivity contribution in [3.8, 4) is 5.75 Å². The molecule has 6 nitrogen and oxygen atoms in total. The maximum absolute atomic E-state index is 13.3. The van der Waals surface area contributed by atoms with Crippen molar-refractivity contribution in [1.82, 2.24) is 15.5 Å². The number of ether oxygens (including phenoxy) is 1. The van der Waals surface area contributed by atoms with Crippen LogP contribution in [0.15, 0.2) is 42.5 Å². The summed E-state index contributed by atoms with van der Waals surface area (Å²) in [6.07, 6.45) is 4.61. The van der Waals surface area contributed by atoms with Crippen molar-refractivity contribution in [2.45, 2.75) is 59.4 Å². The van der Waals surface area contributed by atoms with Crippen LogP contribution in [0, 0.1) is 12.8 Å². The number of carbonyl (C=O) groups is 2. The molecule has 0 saturated heterocycles. The molecule has 0 spiro atoms. The van der Waals surface area contributed by atoms with Crippen molar-refractivity contribution in [3.05, 3.63) is 64.7 Å². The molecular weight excluding hydrogens is 438 g/mol. The van der Waals surface area contributed by atoms with Gasteiger partial charge in [-0.25, -0.2) is 0 Å². The van der Waals surface area contributed by atoms with Gasteiger partial charge in [-0.15, -0.1) is 0 Å². The molecule has 0 atom stereocenters. The van der Waals surface area contributed by atoms with Gasteiger partial charge in [0.25, 0.3) is 5.91 Å². The highest BCUT2D eigenvalue weighted by Crippen LogP contribution is 2.26. The Bertz CT molecular complexity index is 973. The minimum absolute atomic E-state index is 0.0376. The largest absolute Gasteiger partial charge is 0.493 e. The van der Waals surface area contributed by atoms with Gasteiger partial charge in [0, 0.05) is 30.8 Å². The molecule has 0 aromatic heterocycles. The summed E-state index contributed by atoms with van der Waals surface area (Å²) in [5.74, 6) is 1.20. The van der Waals surface area contributed by atoms with Gasteiger partial charge in [-0.1, -0.05) is 44.2 Å². The Hall–Kier alpha value is -2.86. The molecule has 0 radical (unpaired) electrons. The van der Waals surface area contributed by atoms with Gasteiger partial charge in [-0.2, -0.15) is 0 Å². The van der Waals surface area contributed by atoms with E-state index in [1.165, 1.54) is 11.1 Å². The molecule has 2 N–H and O–H groups in total. The Morgan fingerprint density at radius 2 is 1.91 bits per heavy atom. The van der Waals surface area contributed by atoms with Crippen molar-refractivity contribution >= 4 is 11.8 Å². The standard InChI is InChI=1S/C29H41N3O3/c1-22(2)15-18-32-20-26-25(29(34)31-17-14-24-11-6-5-10-23(24)3)12-9-13-27(26)35-19-8-4-7-16-30-28(33)21-32/h5-6,9-13,22H,4,7-8,14-21H2,1-3H3,(H,30,33)(H,31,34). The summed E-state index contributed by atoms with van der Waals surface area (Å²) in [6, 6.07) is 14.0. The predicted molar refractivity (Wildman–Crippen MR) is 141 cm³/mol. The van der Waals surface area contributed by atoms with E-state index in [4.69, 9.17) is 4.74 Å². The summed E-state index contributed by atoms with van der Waals surface area (Å²) in [5.41, 5.74) is 3.95. The van der Waals surface area contributed by atoms with E-state index in [0.29, 0.717) is 44.3 Å². The molecule has 1 heterocycles. The normalized spacial score (nSPS) is 15.7. The molecule has 1 aliphatic heterocycles. The summed E-state index contributed by atoms with van der Waals surface area (Å²) in [6.45, 7) is 9.92. The molecular formula is C29H41N3O3. The highest BCUT2D eigenvalue weighted by molar-refractivity contribution is 5.96. The molecule has 190 valence electrons. The van der Waals surface area contributed by atoms with Gasteiger partial charge >= 0.3 is 0 Å². The van der Waals surface area contributed by atoms with Gasteiger partial charge in [-0.05, 0) is 74.8 Å². The van der Waals surface area contributed by atoms with Gasteiger partial charge in [0.2, 0.25) is 5.91 Å². The van der Waals surface area contributed by atoms with E-state index in [1.807, 2.05) is 30.3 Å². The summed E-state index contributed by atoms with van der Waals surface area (Å²) in [7, 11) is 0. The van der Waals surface area contributed by atoms with Gasteiger partial charge < -0.3 is 15.4 Å². The fourth-order valence-corrected chi connectivity index (χ4v) is 4.32. The average Bonchev–Trinajstić information content (AvgIpc) is 2.84. The summed E-state index contributed by atoms with van der Waals surface area (Å²) in [5, 5.41) is 6.15. The minimum Gasteiger partial charge on any atom is -0.493 e. The van der Waals surface area contributed by atoms with E-state index in [2.05, 4.69) is 48.4 Å². The number of hydrogen-bond acceptors (Lipinski definition) is 4. The van der Waals surface area contributed by atoms with Gasteiger partial charge in [0.1, 0.15) is 5.75 Å². The highest BCUT2D eigenvalue weighted by atomic mass is 16.5. The number of benzene rings is 2. The molecule has 2 aromatic carbocycles. The number of nitrogens with one attached hydrogen (secondary N) is 2. The van der Waals surface area contributed by atoms with Crippen molar-refractivity contribution in [2.75, 3.05) is 32.8 Å². The Morgan fingerprint density at radius 3 is 2.71 bits per heavy atom. The minimum atomic E-state index is -0.100. The Morgan fingerprint density at radius 1 is 1.09 bits per heavy atom. The number of aryl methyl sites for hydroxylation is 1. The van der Waals surface area contributed by atoms with Crippen LogP contribution in [0.5, 0.6) is 5.75 Å². The van der Waals surface area contributed by atoms with Crippen LogP contribution in [0.1, 0.15) is 66.6 Å². The van der Waals surface area contributed by atoms with E-state index in [9.17, 15) is 9.59 Å². The lowest BCUT2D eigenvalue weighted by Crippen LogP contribution is -2.38. The number of amides is 2. The van der Waals surface area contributed by atoms with Crippen molar-refractivity contribution in [3.63, 3.8) is 0 Å². The van der Waals surface area contributed by atoms with Gasteiger partial charge in [0.15, 0.2) is 0 Å². The Balaban J connectivity index is 1.80. The van der Waals surface area contributed by atoms with Gasteiger partial charge in [-0.3, -0.25) is 14.5 Å². The van der Waals surface area contributed by atoms with E-state index in [-0.39, 0.29) is 11.8 Å². The van der Waals surface area contributed by atoms with Crippen LogP contribution in [0.3, 0.4) is 0 Å². The highest BCUT2D eigenvalue weighted by Gasteiger charge is 2.21. The molecule has 2 amide bonds. The monoisotopic (exact) mass is 479 g/mol. The average molecular weight is 480 g/mol. The van der Waals surface area contributed by atoms with Crippen LogP contribution >= 0.6 is 0 Å². The van der Waals surface area contributed by atoms with Crippen LogP contribution < -0.4 is 15.4 Å². The molecule has 0 saturated carbocycles. The molecule has 6 heteroatoms. The van der Waals surface area contributed by atoms with Crippen molar-refractivity contribution < 1.29 is 14.3 Å². The lowest BCUT2D eigenvalue weighted by Gasteiger charge is -2.25.